The lowest BCUT2D eigenvalue weighted by atomic mass is 9.91. The predicted molar refractivity (Wildman–Crippen MR) is 163 cm³/mol. The van der Waals surface area contributed by atoms with Crippen LogP contribution in [-0.4, -0.2) is 41.3 Å². The van der Waals surface area contributed by atoms with E-state index in [1.54, 1.807) is 18.3 Å². The fourth-order valence-corrected chi connectivity index (χ4v) is 6.28. The van der Waals surface area contributed by atoms with Crippen molar-refractivity contribution >= 4 is 56.6 Å². The van der Waals surface area contributed by atoms with Gasteiger partial charge in [-0.25, -0.2) is 4.39 Å². The number of hydrogen-bond donors (Lipinski definition) is 1. The summed E-state index contributed by atoms with van der Waals surface area (Å²) >= 11 is 9.44. The molecule has 0 fully saturated rings. The molecule has 0 unspecified atom stereocenters. The van der Waals surface area contributed by atoms with Gasteiger partial charge in [0.2, 0.25) is 11.8 Å². The molecule has 218 valence electrons. The van der Waals surface area contributed by atoms with Gasteiger partial charge in [0, 0.05) is 40.3 Å². The molecule has 3 aromatic rings. The number of hydrogen-bond acceptors (Lipinski definition) is 5. The summed E-state index contributed by atoms with van der Waals surface area (Å²) in [5.41, 5.74) is 4.43. The summed E-state index contributed by atoms with van der Waals surface area (Å²) in [6, 6.07) is 12.2. The van der Waals surface area contributed by atoms with Crippen molar-refractivity contribution in [1.29, 1.82) is 0 Å². The summed E-state index contributed by atoms with van der Waals surface area (Å²) in [4.78, 5) is 45.0. The van der Waals surface area contributed by atoms with Gasteiger partial charge in [-0.15, -0.1) is 0 Å². The van der Waals surface area contributed by atoms with Crippen LogP contribution >= 0.6 is 27.5 Å². The number of pyridine rings is 1. The minimum atomic E-state index is -0.552. The van der Waals surface area contributed by atoms with Crippen LogP contribution in [0.1, 0.15) is 55.3 Å². The highest BCUT2D eigenvalue weighted by Gasteiger charge is 2.30. The number of halogens is 3. The highest BCUT2D eigenvalue weighted by molar-refractivity contribution is 9.10. The molecule has 2 bridgehead atoms. The van der Waals surface area contributed by atoms with Crippen LogP contribution in [0.15, 0.2) is 59.2 Å². The van der Waals surface area contributed by atoms with Gasteiger partial charge in [-0.1, -0.05) is 53.0 Å². The summed E-state index contributed by atoms with van der Waals surface area (Å²) < 4.78 is 20.3. The topological polar surface area (TPSA) is 88.6 Å². The van der Waals surface area contributed by atoms with E-state index in [1.165, 1.54) is 19.3 Å². The molecule has 2 aliphatic heterocycles. The van der Waals surface area contributed by atoms with Gasteiger partial charge < -0.3 is 15.0 Å². The number of anilines is 1. The van der Waals surface area contributed by atoms with Crippen LogP contribution in [0.3, 0.4) is 0 Å². The molecule has 0 saturated carbocycles. The Balaban J connectivity index is 1.52. The predicted octanol–water partition coefficient (Wildman–Crippen LogP) is 7.13. The Bertz CT molecular complexity index is 1590. The molecule has 2 atom stereocenters. The van der Waals surface area contributed by atoms with Gasteiger partial charge in [0.15, 0.2) is 0 Å². The number of ether oxygens (including phenoxy) is 1. The number of carbonyl (C=O) groups excluding carboxylic acids is 3. The maximum absolute atomic E-state index is 14.9. The number of nitrogens with zero attached hydrogens (tertiary/aromatic N) is 2. The van der Waals surface area contributed by atoms with E-state index in [9.17, 15) is 18.8 Å². The van der Waals surface area contributed by atoms with E-state index in [2.05, 4.69) is 26.2 Å². The smallest absolute Gasteiger partial charge is 0.309 e. The Morgan fingerprint density at radius 1 is 1.19 bits per heavy atom. The minimum Gasteiger partial charge on any atom is -0.469 e. The van der Waals surface area contributed by atoms with Crippen molar-refractivity contribution < 1.29 is 23.5 Å². The molecule has 2 amide bonds. The molecule has 0 aliphatic carbocycles. The molecule has 5 rings (SSSR count). The quantitative estimate of drug-likeness (QED) is 0.239. The summed E-state index contributed by atoms with van der Waals surface area (Å²) in [6.07, 6.45) is 5.72. The number of aromatic nitrogens is 1. The standard InChI is InChI=1S/C32H30BrClFN3O4/c1-18-4-3-5-27(38-13-11-21(17-28(38)39)30-23(33)8-9-24(34)31(30)35)20-10-12-36-25(16-20)22-7-6-19(15-29(40)42-2)14-26(22)37-32(18)41/h6-10,12,14,16-18,27H,3-5,11,13,15H2,1-2H3,(H,37,41)/t18-,27+/m1/s1. The van der Waals surface area contributed by atoms with E-state index in [1.807, 2.05) is 36.1 Å². The molecule has 0 spiro atoms. The summed E-state index contributed by atoms with van der Waals surface area (Å²) in [7, 11) is 1.34. The van der Waals surface area contributed by atoms with Crippen molar-refractivity contribution in [3.8, 4) is 11.3 Å². The normalized spacial score (nSPS) is 19.2. The first-order valence-electron chi connectivity index (χ1n) is 13.8. The zero-order chi connectivity index (χ0) is 30.0. The van der Waals surface area contributed by atoms with E-state index in [0.29, 0.717) is 70.3 Å². The molecule has 10 heteroatoms. The SMILES string of the molecule is COC(=O)Cc1ccc2c(c1)NC(=O)[C@H](C)CCC[C@H](N1CCC(c3c(Br)ccc(Cl)c3F)=CC1=O)c1ccnc-2c1. The molecule has 2 aromatic carbocycles. The number of carbonyl (C=O) groups is 3. The zero-order valence-corrected chi connectivity index (χ0v) is 25.6. The third kappa shape index (κ3) is 6.27. The molecule has 42 heavy (non-hydrogen) atoms. The lowest BCUT2D eigenvalue weighted by Crippen LogP contribution is -2.37. The molecule has 1 N–H and O–H groups in total. The van der Waals surface area contributed by atoms with Crippen LogP contribution in [0.25, 0.3) is 16.8 Å². The largest absolute Gasteiger partial charge is 0.469 e. The first kappa shape index (κ1) is 29.9. The molecular formula is C32H30BrClFN3O4. The van der Waals surface area contributed by atoms with Gasteiger partial charge in [-0.3, -0.25) is 19.4 Å². The fourth-order valence-electron chi connectivity index (χ4n) is 5.56. The monoisotopic (exact) mass is 653 g/mol. The second-order valence-electron chi connectivity index (χ2n) is 10.6. The fraction of sp³-hybridized carbons (Fsp3) is 0.312. The Labute approximate surface area is 257 Å². The highest BCUT2D eigenvalue weighted by atomic mass is 79.9. The molecule has 3 heterocycles. The first-order valence-corrected chi connectivity index (χ1v) is 14.9. The van der Waals surface area contributed by atoms with Crippen molar-refractivity contribution in [3.63, 3.8) is 0 Å². The Morgan fingerprint density at radius 2 is 2.00 bits per heavy atom. The zero-order valence-electron chi connectivity index (χ0n) is 23.3. The second-order valence-corrected chi connectivity index (χ2v) is 11.9. The number of methoxy groups -OCH3 is 1. The summed E-state index contributed by atoms with van der Waals surface area (Å²) in [5.74, 6) is -1.55. The van der Waals surface area contributed by atoms with Gasteiger partial charge in [0.1, 0.15) is 5.82 Å². The van der Waals surface area contributed by atoms with Crippen LogP contribution in [0.2, 0.25) is 5.02 Å². The van der Waals surface area contributed by atoms with Crippen LogP contribution in [0.4, 0.5) is 10.1 Å². The van der Waals surface area contributed by atoms with Gasteiger partial charge in [0.05, 0.1) is 36.0 Å². The van der Waals surface area contributed by atoms with Crippen LogP contribution < -0.4 is 5.32 Å². The highest BCUT2D eigenvalue weighted by Crippen LogP contribution is 2.39. The van der Waals surface area contributed by atoms with E-state index < -0.39 is 5.82 Å². The minimum absolute atomic E-state index is 0.00321. The number of esters is 1. The molecule has 0 saturated heterocycles. The lowest BCUT2D eigenvalue weighted by molar-refractivity contribution is -0.139. The van der Waals surface area contributed by atoms with Crippen LogP contribution in [-0.2, 0) is 25.5 Å². The average Bonchev–Trinajstić information content (AvgIpc) is 2.97. The molecular weight excluding hydrogens is 625 g/mol. The van der Waals surface area contributed by atoms with Gasteiger partial charge in [-0.05, 0) is 66.3 Å². The lowest BCUT2D eigenvalue weighted by Gasteiger charge is -2.35. The van der Waals surface area contributed by atoms with Crippen molar-refractivity contribution in [2.75, 3.05) is 19.0 Å². The first-order chi connectivity index (χ1) is 20.2. The molecule has 2 aliphatic rings. The Hall–Kier alpha value is -3.56. The Morgan fingerprint density at radius 3 is 2.76 bits per heavy atom. The van der Waals surface area contributed by atoms with Gasteiger partial charge in [0.25, 0.3) is 0 Å². The number of nitrogens with one attached hydrogen (secondary N) is 1. The van der Waals surface area contributed by atoms with E-state index in [-0.39, 0.29) is 41.2 Å². The molecule has 1 aromatic heterocycles. The number of rotatable bonds is 4. The summed E-state index contributed by atoms with van der Waals surface area (Å²) in [6.45, 7) is 2.28. The van der Waals surface area contributed by atoms with Crippen molar-refractivity contribution in [2.24, 2.45) is 5.92 Å². The van der Waals surface area contributed by atoms with Crippen molar-refractivity contribution in [1.82, 2.24) is 9.88 Å². The van der Waals surface area contributed by atoms with Crippen molar-refractivity contribution in [3.05, 3.63) is 86.7 Å². The summed E-state index contributed by atoms with van der Waals surface area (Å²) in [5, 5.41) is 3.04. The number of benzene rings is 2. The number of amides is 2. The third-order valence-corrected chi connectivity index (χ3v) is 8.82. The Kier molecular flexibility index (Phi) is 9.08. The van der Waals surface area contributed by atoms with E-state index in [0.717, 1.165) is 5.56 Å². The molecule has 0 radical (unpaired) electrons. The maximum Gasteiger partial charge on any atom is 0.309 e. The van der Waals surface area contributed by atoms with Gasteiger partial charge >= 0.3 is 5.97 Å². The van der Waals surface area contributed by atoms with Gasteiger partial charge in [-0.2, -0.15) is 0 Å². The average molecular weight is 655 g/mol. The van der Waals surface area contributed by atoms with Crippen LogP contribution in [0, 0.1) is 11.7 Å². The number of fused-ring (bicyclic) bond motifs is 4. The molecule has 7 nitrogen and oxygen atoms in total. The van der Waals surface area contributed by atoms with Crippen LogP contribution in [0.5, 0.6) is 0 Å². The maximum atomic E-state index is 14.9. The second kappa shape index (κ2) is 12.8. The van der Waals surface area contributed by atoms with E-state index >= 15 is 0 Å². The van der Waals surface area contributed by atoms with E-state index in [4.69, 9.17) is 16.3 Å². The van der Waals surface area contributed by atoms with Crippen molar-refractivity contribution in [2.45, 2.75) is 45.1 Å². The third-order valence-electron chi connectivity index (χ3n) is 7.87.